The van der Waals surface area contributed by atoms with E-state index in [9.17, 15) is 4.79 Å². The van der Waals surface area contributed by atoms with Crippen LogP contribution in [0.1, 0.15) is 11.3 Å². The van der Waals surface area contributed by atoms with Gasteiger partial charge in [-0.05, 0) is 11.4 Å². The Morgan fingerprint density at radius 3 is 3.24 bits per heavy atom. The quantitative estimate of drug-likeness (QED) is 0.937. The minimum Gasteiger partial charge on any atom is -0.471 e. The van der Waals surface area contributed by atoms with Crippen molar-refractivity contribution in [1.82, 2.24) is 20.2 Å². The molecule has 0 spiro atoms. The molecule has 110 valence electrons. The zero-order chi connectivity index (χ0) is 14.5. The molecule has 0 bridgehead atoms. The number of likely N-dealkylation sites (tertiary alicyclic amines) is 1. The molecule has 21 heavy (non-hydrogen) atoms. The topological polar surface area (TPSA) is 67.4 Å². The maximum absolute atomic E-state index is 12.1. The molecule has 1 saturated heterocycles. The van der Waals surface area contributed by atoms with Crippen molar-refractivity contribution in [3.63, 3.8) is 0 Å². The molecule has 0 aliphatic carbocycles. The Morgan fingerprint density at radius 1 is 1.52 bits per heavy atom. The van der Waals surface area contributed by atoms with Crippen LogP contribution in [0.5, 0.6) is 5.88 Å². The molecule has 6 nitrogen and oxygen atoms in total. The summed E-state index contributed by atoms with van der Waals surface area (Å²) in [5.74, 6) is 0.503. The summed E-state index contributed by atoms with van der Waals surface area (Å²) in [4.78, 5) is 23.0. The summed E-state index contributed by atoms with van der Waals surface area (Å²) < 4.78 is 5.71. The SMILES string of the molecule is O=C(NCc1cccs1)N1CC[C@H](Oc2cnccn2)C1. The summed E-state index contributed by atoms with van der Waals surface area (Å²) in [6.07, 6.45) is 5.57. The van der Waals surface area contributed by atoms with E-state index in [4.69, 9.17) is 4.74 Å². The van der Waals surface area contributed by atoms with Crippen LogP contribution in [0.15, 0.2) is 36.1 Å². The highest BCUT2D eigenvalue weighted by atomic mass is 32.1. The van der Waals surface area contributed by atoms with Crippen LogP contribution in [0.2, 0.25) is 0 Å². The Hall–Kier alpha value is -2.15. The Balaban J connectivity index is 1.46. The van der Waals surface area contributed by atoms with Gasteiger partial charge >= 0.3 is 6.03 Å². The van der Waals surface area contributed by atoms with E-state index in [1.54, 1.807) is 34.8 Å². The van der Waals surface area contributed by atoms with Gasteiger partial charge in [0.2, 0.25) is 5.88 Å². The van der Waals surface area contributed by atoms with Crippen molar-refractivity contribution in [2.24, 2.45) is 0 Å². The summed E-state index contributed by atoms with van der Waals surface area (Å²) >= 11 is 1.64. The number of hydrogen-bond acceptors (Lipinski definition) is 5. The Bertz CT molecular complexity index is 576. The number of hydrogen-bond donors (Lipinski definition) is 1. The molecule has 1 N–H and O–H groups in total. The molecule has 1 fully saturated rings. The molecule has 2 aromatic heterocycles. The highest BCUT2D eigenvalue weighted by Gasteiger charge is 2.27. The first kappa shape index (κ1) is 13.8. The Labute approximate surface area is 126 Å². The number of thiophene rings is 1. The first-order valence-corrected chi connectivity index (χ1v) is 7.67. The third-order valence-electron chi connectivity index (χ3n) is 3.25. The van der Waals surface area contributed by atoms with Crippen LogP contribution in [0, 0.1) is 0 Å². The molecule has 2 amide bonds. The molecule has 7 heteroatoms. The number of carbonyl (C=O) groups is 1. The van der Waals surface area contributed by atoms with Crippen LogP contribution in [0.3, 0.4) is 0 Å². The number of carbonyl (C=O) groups excluding carboxylic acids is 1. The predicted molar refractivity (Wildman–Crippen MR) is 79.2 cm³/mol. The summed E-state index contributed by atoms with van der Waals surface area (Å²) in [6.45, 7) is 1.84. The van der Waals surface area contributed by atoms with Crippen molar-refractivity contribution in [3.05, 3.63) is 41.0 Å². The van der Waals surface area contributed by atoms with Gasteiger partial charge in [-0.3, -0.25) is 4.98 Å². The molecule has 0 aromatic carbocycles. The van der Waals surface area contributed by atoms with Crippen molar-refractivity contribution >= 4 is 17.4 Å². The van der Waals surface area contributed by atoms with Crippen molar-refractivity contribution < 1.29 is 9.53 Å². The minimum atomic E-state index is -0.0476. The van der Waals surface area contributed by atoms with Gasteiger partial charge in [0.15, 0.2) is 0 Å². The number of nitrogens with zero attached hydrogens (tertiary/aromatic N) is 3. The summed E-state index contributed by atoms with van der Waals surface area (Å²) in [5.41, 5.74) is 0. The van der Waals surface area contributed by atoms with Crippen molar-refractivity contribution in [2.45, 2.75) is 19.1 Å². The third-order valence-corrected chi connectivity index (χ3v) is 4.13. The van der Waals surface area contributed by atoms with E-state index in [0.717, 1.165) is 11.3 Å². The molecule has 3 heterocycles. The van der Waals surface area contributed by atoms with Gasteiger partial charge in [-0.15, -0.1) is 11.3 Å². The van der Waals surface area contributed by atoms with Crippen molar-refractivity contribution in [3.8, 4) is 5.88 Å². The number of ether oxygens (including phenoxy) is 1. The first-order chi connectivity index (χ1) is 10.3. The highest BCUT2D eigenvalue weighted by molar-refractivity contribution is 7.09. The average molecular weight is 304 g/mol. The zero-order valence-electron chi connectivity index (χ0n) is 11.4. The van der Waals surface area contributed by atoms with Gasteiger partial charge < -0.3 is 15.0 Å². The van der Waals surface area contributed by atoms with Crippen LogP contribution in [0.4, 0.5) is 4.79 Å². The largest absolute Gasteiger partial charge is 0.471 e. The van der Waals surface area contributed by atoms with Crippen LogP contribution in [0.25, 0.3) is 0 Å². The fourth-order valence-electron chi connectivity index (χ4n) is 2.21. The molecular formula is C14H16N4O2S. The van der Waals surface area contributed by atoms with Crippen LogP contribution >= 0.6 is 11.3 Å². The molecule has 3 rings (SSSR count). The number of rotatable bonds is 4. The van der Waals surface area contributed by atoms with Gasteiger partial charge in [-0.1, -0.05) is 6.07 Å². The fraction of sp³-hybridized carbons (Fsp3) is 0.357. The number of aromatic nitrogens is 2. The summed E-state index contributed by atoms with van der Waals surface area (Å²) in [5, 5.41) is 4.93. The van der Waals surface area contributed by atoms with E-state index in [0.29, 0.717) is 25.5 Å². The van der Waals surface area contributed by atoms with Gasteiger partial charge in [0, 0.05) is 30.2 Å². The molecule has 0 radical (unpaired) electrons. The van der Waals surface area contributed by atoms with E-state index in [-0.39, 0.29) is 12.1 Å². The monoisotopic (exact) mass is 304 g/mol. The molecule has 0 unspecified atom stereocenters. The van der Waals surface area contributed by atoms with E-state index in [2.05, 4.69) is 15.3 Å². The van der Waals surface area contributed by atoms with Crippen LogP contribution < -0.4 is 10.1 Å². The lowest BCUT2D eigenvalue weighted by molar-refractivity contribution is 0.182. The molecule has 1 aliphatic heterocycles. The summed E-state index contributed by atoms with van der Waals surface area (Å²) in [7, 11) is 0. The molecule has 2 aromatic rings. The predicted octanol–water partition coefficient (Wildman–Crippen LogP) is 1.90. The maximum atomic E-state index is 12.1. The highest BCUT2D eigenvalue weighted by Crippen LogP contribution is 2.16. The van der Waals surface area contributed by atoms with Gasteiger partial charge in [0.05, 0.1) is 19.3 Å². The first-order valence-electron chi connectivity index (χ1n) is 6.79. The van der Waals surface area contributed by atoms with E-state index in [1.807, 2.05) is 17.5 Å². The lowest BCUT2D eigenvalue weighted by atomic mass is 10.3. The second kappa shape index (κ2) is 6.53. The van der Waals surface area contributed by atoms with E-state index in [1.165, 1.54) is 0 Å². The van der Waals surface area contributed by atoms with Crippen molar-refractivity contribution in [2.75, 3.05) is 13.1 Å². The lowest BCUT2D eigenvalue weighted by Gasteiger charge is -2.17. The normalized spacial score (nSPS) is 17.7. The Kier molecular flexibility index (Phi) is 4.30. The van der Waals surface area contributed by atoms with Gasteiger partial charge in [0.25, 0.3) is 0 Å². The van der Waals surface area contributed by atoms with Gasteiger partial charge in [-0.2, -0.15) is 0 Å². The lowest BCUT2D eigenvalue weighted by Crippen LogP contribution is -2.38. The van der Waals surface area contributed by atoms with Crippen LogP contribution in [-0.4, -0.2) is 40.1 Å². The Morgan fingerprint density at radius 2 is 2.48 bits per heavy atom. The fourth-order valence-corrected chi connectivity index (χ4v) is 2.86. The van der Waals surface area contributed by atoms with Crippen molar-refractivity contribution in [1.29, 1.82) is 0 Å². The minimum absolute atomic E-state index is 0.0193. The molecular weight excluding hydrogens is 288 g/mol. The number of nitrogens with one attached hydrogen (secondary N) is 1. The molecule has 1 atom stereocenters. The van der Waals surface area contributed by atoms with Gasteiger partial charge in [0.1, 0.15) is 6.10 Å². The third kappa shape index (κ3) is 3.69. The van der Waals surface area contributed by atoms with E-state index < -0.39 is 0 Å². The van der Waals surface area contributed by atoms with Crippen LogP contribution in [-0.2, 0) is 6.54 Å². The molecule has 0 saturated carbocycles. The maximum Gasteiger partial charge on any atom is 0.317 e. The second-order valence-corrected chi connectivity index (χ2v) is 5.79. The number of amides is 2. The zero-order valence-corrected chi connectivity index (χ0v) is 12.3. The second-order valence-electron chi connectivity index (χ2n) is 4.76. The smallest absolute Gasteiger partial charge is 0.317 e. The summed E-state index contributed by atoms with van der Waals surface area (Å²) in [6, 6.07) is 3.94. The molecule has 1 aliphatic rings. The van der Waals surface area contributed by atoms with E-state index >= 15 is 0 Å². The average Bonchev–Trinajstić information content (AvgIpc) is 3.17. The number of urea groups is 1. The standard InChI is InChI=1S/C14H16N4O2S/c19-14(17-8-12-2-1-7-21-12)18-6-3-11(10-18)20-13-9-15-4-5-16-13/h1-2,4-5,7,9,11H,3,6,8,10H2,(H,17,19)/t11-/m0/s1. The van der Waals surface area contributed by atoms with Gasteiger partial charge in [-0.25, -0.2) is 9.78 Å².